The first kappa shape index (κ1) is 21.9. The average molecular weight is 462 g/mol. The van der Waals surface area contributed by atoms with Gasteiger partial charge >= 0.3 is 0 Å². The molecule has 1 spiro atoms. The van der Waals surface area contributed by atoms with Crippen LogP contribution in [0.2, 0.25) is 0 Å². The fraction of sp³-hybridized carbons (Fsp3) is 0.609. The number of sulfonamides is 1. The molecule has 0 saturated carbocycles. The molecule has 3 fully saturated rings. The summed E-state index contributed by atoms with van der Waals surface area (Å²) in [4.78, 5) is 15.3. The number of nitrogens with zero attached hydrogens (tertiary/aromatic N) is 3. The van der Waals surface area contributed by atoms with Crippen LogP contribution in [0.15, 0.2) is 35.4 Å². The Bertz CT molecular complexity index is 1100. The highest BCUT2D eigenvalue weighted by molar-refractivity contribution is 7.89. The summed E-state index contributed by atoms with van der Waals surface area (Å²) in [6.07, 6.45) is 4.73. The lowest BCUT2D eigenvalue weighted by molar-refractivity contribution is -0.188. The molecule has 0 bridgehead atoms. The van der Waals surface area contributed by atoms with Gasteiger partial charge in [-0.2, -0.15) is 4.31 Å². The Morgan fingerprint density at radius 2 is 1.88 bits per heavy atom. The average Bonchev–Trinajstić information content (AvgIpc) is 3.45. The van der Waals surface area contributed by atoms with E-state index in [4.69, 9.17) is 9.47 Å². The standard InChI is InChI=1S/C23H31N3O5S/c1-2-24-11-7-18-16-20(5-6-21(18)24)32(28,29)26-10-3-4-19(17-26)22(27)25-12-8-23(9-13-25)30-14-15-31-23/h5-7,11,16,19H,2-4,8-10,12-15,17H2,1H3. The summed E-state index contributed by atoms with van der Waals surface area (Å²) in [5.74, 6) is -0.773. The van der Waals surface area contributed by atoms with Crippen LogP contribution in [0.1, 0.15) is 32.6 Å². The zero-order chi connectivity index (χ0) is 22.3. The summed E-state index contributed by atoms with van der Waals surface area (Å²) in [6, 6.07) is 7.24. The topological polar surface area (TPSA) is 81.1 Å². The van der Waals surface area contributed by atoms with E-state index in [1.807, 2.05) is 23.2 Å². The van der Waals surface area contributed by atoms with Crippen LogP contribution in [0, 0.1) is 5.92 Å². The summed E-state index contributed by atoms with van der Waals surface area (Å²) < 4.78 is 41.9. The number of hydrogen-bond donors (Lipinski definition) is 0. The summed E-state index contributed by atoms with van der Waals surface area (Å²) in [7, 11) is -3.65. The first-order valence-electron chi connectivity index (χ1n) is 11.6. The maximum atomic E-state index is 13.4. The quantitative estimate of drug-likeness (QED) is 0.699. The van der Waals surface area contributed by atoms with E-state index >= 15 is 0 Å². The molecule has 32 heavy (non-hydrogen) atoms. The minimum atomic E-state index is -3.65. The fourth-order valence-corrected chi connectivity index (χ4v) is 6.80. The summed E-state index contributed by atoms with van der Waals surface area (Å²) in [5.41, 5.74) is 1.02. The second-order valence-electron chi connectivity index (χ2n) is 8.96. The Morgan fingerprint density at radius 1 is 1.12 bits per heavy atom. The van der Waals surface area contributed by atoms with Crippen molar-refractivity contribution in [3.05, 3.63) is 30.5 Å². The number of fused-ring (bicyclic) bond motifs is 1. The zero-order valence-corrected chi connectivity index (χ0v) is 19.3. The van der Waals surface area contributed by atoms with Crippen molar-refractivity contribution in [2.24, 2.45) is 5.92 Å². The molecule has 5 rings (SSSR count). The van der Waals surface area contributed by atoms with Crippen molar-refractivity contribution in [1.82, 2.24) is 13.8 Å². The van der Waals surface area contributed by atoms with E-state index in [-0.39, 0.29) is 18.4 Å². The number of rotatable bonds is 4. The molecular formula is C23H31N3O5S. The van der Waals surface area contributed by atoms with E-state index in [0.717, 1.165) is 23.9 Å². The Labute approximate surface area is 189 Å². The Balaban J connectivity index is 1.28. The van der Waals surface area contributed by atoms with Gasteiger partial charge in [0.05, 0.1) is 24.0 Å². The number of aryl methyl sites for hydroxylation is 1. The molecule has 3 saturated heterocycles. The maximum Gasteiger partial charge on any atom is 0.243 e. The van der Waals surface area contributed by atoms with Crippen LogP contribution in [0.4, 0.5) is 0 Å². The van der Waals surface area contributed by atoms with Crippen molar-refractivity contribution in [3.63, 3.8) is 0 Å². The molecule has 1 unspecified atom stereocenters. The number of likely N-dealkylation sites (tertiary alicyclic amines) is 1. The molecule has 174 valence electrons. The first-order valence-corrected chi connectivity index (χ1v) is 13.0. The van der Waals surface area contributed by atoms with Crippen LogP contribution >= 0.6 is 0 Å². The Morgan fingerprint density at radius 3 is 2.59 bits per heavy atom. The van der Waals surface area contributed by atoms with E-state index < -0.39 is 15.8 Å². The van der Waals surface area contributed by atoms with Crippen LogP contribution in [0.5, 0.6) is 0 Å². The van der Waals surface area contributed by atoms with E-state index in [2.05, 4.69) is 11.5 Å². The van der Waals surface area contributed by atoms with Crippen LogP contribution in [-0.4, -0.2) is 73.3 Å². The molecular weight excluding hydrogens is 430 g/mol. The van der Waals surface area contributed by atoms with Crippen LogP contribution in [0.3, 0.4) is 0 Å². The van der Waals surface area contributed by atoms with Gasteiger partial charge in [0.15, 0.2) is 5.79 Å². The number of benzene rings is 1. The monoisotopic (exact) mass is 461 g/mol. The molecule has 2 aromatic rings. The molecule has 0 aliphatic carbocycles. The third-order valence-electron chi connectivity index (χ3n) is 7.10. The van der Waals surface area contributed by atoms with Crippen LogP contribution in [-0.2, 0) is 30.8 Å². The minimum Gasteiger partial charge on any atom is -0.348 e. The van der Waals surface area contributed by atoms with Gasteiger partial charge in [0.1, 0.15) is 0 Å². The van der Waals surface area contributed by atoms with Crippen molar-refractivity contribution >= 4 is 26.8 Å². The molecule has 3 aliphatic rings. The summed E-state index contributed by atoms with van der Waals surface area (Å²) in [6.45, 7) is 5.98. The molecule has 1 aromatic heterocycles. The third-order valence-corrected chi connectivity index (χ3v) is 8.97. The van der Waals surface area contributed by atoms with Gasteiger partial charge in [0.25, 0.3) is 0 Å². The smallest absolute Gasteiger partial charge is 0.243 e. The highest BCUT2D eigenvalue weighted by Crippen LogP contribution is 2.33. The molecule has 1 atom stereocenters. The number of hydrogen-bond acceptors (Lipinski definition) is 5. The van der Waals surface area contributed by atoms with Gasteiger partial charge in [0, 0.05) is 62.7 Å². The number of ether oxygens (including phenoxy) is 2. The molecule has 3 aliphatic heterocycles. The van der Waals surface area contributed by atoms with Gasteiger partial charge < -0.3 is 18.9 Å². The third kappa shape index (κ3) is 3.85. The number of carbonyl (C=O) groups excluding carboxylic acids is 1. The van der Waals surface area contributed by atoms with E-state index in [0.29, 0.717) is 57.0 Å². The van der Waals surface area contributed by atoms with Gasteiger partial charge in [0.2, 0.25) is 15.9 Å². The second kappa shape index (κ2) is 8.44. The molecule has 1 amide bonds. The first-order chi connectivity index (χ1) is 15.4. The number of amides is 1. The second-order valence-corrected chi connectivity index (χ2v) is 10.9. The van der Waals surface area contributed by atoms with Crippen molar-refractivity contribution in [1.29, 1.82) is 0 Å². The van der Waals surface area contributed by atoms with Crippen molar-refractivity contribution in [3.8, 4) is 0 Å². The van der Waals surface area contributed by atoms with Gasteiger partial charge in [-0.1, -0.05) is 0 Å². The number of piperidine rings is 2. The molecule has 4 heterocycles. The normalized spacial score (nSPS) is 24.4. The summed E-state index contributed by atoms with van der Waals surface area (Å²) in [5, 5.41) is 0.913. The Hall–Kier alpha value is -1.94. The zero-order valence-electron chi connectivity index (χ0n) is 18.5. The SMILES string of the molecule is CCn1ccc2cc(S(=O)(=O)N3CCCC(C(=O)N4CCC5(CC4)OCCO5)C3)ccc21. The van der Waals surface area contributed by atoms with Gasteiger partial charge in [-0.15, -0.1) is 0 Å². The van der Waals surface area contributed by atoms with Crippen molar-refractivity contribution < 1.29 is 22.7 Å². The molecule has 0 N–H and O–H groups in total. The molecule has 8 nitrogen and oxygen atoms in total. The van der Waals surface area contributed by atoms with Gasteiger partial charge in [-0.3, -0.25) is 4.79 Å². The lowest BCUT2D eigenvalue weighted by atomic mass is 9.96. The van der Waals surface area contributed by atoms with E-state index in [1.165, 1.54) is 4.31 Å². The van der Waals surface area contributed by atoms with Gasteiger partial charge in [-0.05, 0) is 44.0 Å². The van der Waals surface area contributed by atoms with Crippen LogP contribution < -0.4 is 0 Å². The lowest BCUT2D eigenvalue weighted by Gasteiger charge is -2.40. The summed E-state index contributed by atoms with van der Waals surface area (Å²) >= 11 is 0. The predicted octanol–water partition coefficient (Wildman–Crippen LogP) is 2.43. The van der Waals surface area contributed by atoms with Crippen molar-refractivity contribution in [2.45, 2.75) is 49.8 Å². The fourth-order valence-electron chi connectivity index (χ4n) is 5.24. The molecule has 0 radical (unpaired) electrons. The highest BCUT2D eigenvalue weighted by atomic mass is 32.2. The largest absolute Gasteiger partial charge is 0.348 e. The van der Waals surface area contributed by atoms with E-state index in [1.54, 1.807) is 12.1 Å². The molecule has 1 aromatic carbocycles. The minimum absolute atomic E-state index is 0.0493. The lowest BCUT2D eigenvalue weighted by Crippen LogP contribution is -2.51. The highest BCUT2D eigenvalue weighted by Gasteiger charge is 2.42. The van der Waals surface area contributed by atoms with Crippen LogP contribution in [0.25, 0.3) is 10.9 Å². The van der Waals surface area contributed by atoms with Gasteiger partial charge in [-0.25, -0.2) is 8.42 Å². The number of aromatic nitrogens is 1. The van der Waals surface area contributed by atoms with Crippen molar-refractivity contribution in [2.75, 3.05) is 39.4 Å². The molecule has 9 heteroatoms. The Kier molecular flexibility index (Phi) is 5.77. The van der Waals surface area contributed by atoms with E-state index in [9.17, 15) is 13.2 Å². The maximum absolute atomic E-state index is 13.4. The number of carbonyl (C=O) groups is 1. The predicted molar refractivity (Wildman–Crippen MR) is 120 cm³/mol.